The summed E-state index contributed by atoms with van der Waals surface area (Å²) in [7, 11) is 0. The summed E-state index contributed by atoms with van der Waals surface area (Å²) >= 11 is 3.36. The van der Waals surface area contributed by atoms with Crippen LogP contribution >= 0.6 is 15.9 Å². The number of aromatic carboxylic acids is 1. The largest absolute Gasteiger partial charge is 0.478 e. The summed E-state index contributed by atoms with van der Waals surface area (Å²) < 4.78 is 0.948. The van der Waals surface area contributed by atoms with Crippen molar-refractivity contribution in [3.63, 3.8) is 0 Å². The lowest BCUT2D eigenvalue weighted by Gasteiger charge is -2.09. The average molecular weight is 373 g/mol. The Morgan fingerprint density at radius 3 is 2.57 bits per heavy atom. The zero-order valence-electron chi connectivity index (χ0n) is 12.2. The molecule has 1 atom stereocenters. The number of nitrogens with one attached hydrogen (secondary N) is 1. The number of carboxylic acid groups (broad SMARTS) is 1. The zero-order valence-corrected chi connectivity index (χ0v) is 13.8. The molecule has 2 N–H and O–H groups in total. The van der Waals surface area contributed by atoms with Crippen LogP contribution in [0.15, 0.2) is 51.9 Å². The Labute approximate surface area is 141 Å². The highest BCUT2D eigenvalue weighted by atomic mass is 79.9. The van der Waals surface area contributed by atoms with E-state index in [4.69, 9.17) is 5.11 Å². The molecule has 23 heavy (non-hydrogen) atoms. The summed E-state index contributed by atoms with van der Waals surface area (Å²) in [4.78, 5) is 27.9. The fourth-order valence-electron chi connectivity index (χ4n) is 2.59. The van der Waals surface area contributed by atoms with E-state index in [0.29, 0.717) is 17.0 Å². The molecular formula is C17H13BrN2O3. The van der Waals surface area contributed by atoms with Crippen molar-refractivity contribution in [2.45, 2.75) is 12.8 Å². The minimum Gasteiger partial charge on any atom is -0.478 e. The Hall–Kier alpha value is -2.47. The highest BCUT2D eigenvalue weighted by molar-refractivity contribution is 9.10. The third-order valence-corrected chi connectivity index (χ3v) is 4.21. The fraction of sp³-hybridized carbons (Fsp3) is 0.118. The number of benzene rings is 2. The number of nitrogens with zero attached hydrogens (tertiary/aromatic N) is 1. The van der Waals surface area contributed by atoms with Crippen molar-refractivity contribution in [1.29, 1.82) is 0 Å². The normalized spacial score (nSPS) is 16.9. The standard InChI is InChI=1S/C17H13BrN2O3/c1-9(19-12-5-3-11(18)4-6-12)15-13-8-10(17(22)23)2-7-14(13)20-16(15)21/h2-8,15H,1H3,(H,20,21)(H,22,23). The number of fused-ring (bicyclic) bond motifs is 1. The molecule has 3 rings (SSSR count). The van der Waals surface area contributed by atoms with Crippen LogP contribution in [0.25, 0.3) is 0 Å². The van der Waals surface area contributed by atoms with E-state index < -0.39 is 11.9 Å². The molecule has 1 aliphatic heterocycles. The van der Waals surface area contributed by atoms with Gasteiger partial charge in [0.25, 0.3) is 0 Å². The molecule has 1 amide bonds. The average Bonchev–Trinajstić information content (AvgIpc) is 2.84. The van der Waals surface area contributed by atoms with Gasteiger partial charge in [0.1, 0.15) is 5.92 Å². The van der Waals surface area contributed by atoms with Crippen molar-refractivity contribution in [1.82, 2.24) is 0 Å². The number of halogens is 1. The Balaban J connectivity index is 2.00. The van der Waals surface area contributed by atoms with E-state index in [1.807, 2.05) is 24.3 Å². The molecule has 116 valence electrons. The molecule has 5 nitrogen and oxygen atoms in total. The minimum atomic E-state index is -1.02. The minimum absolute atomic E-state index is 0.154. The maximum atomic E-state index is 12.3. The Kier molecular flexibility index (Phi) is 4.00. The third kappa shape index (κ3) is 3.03. The van der Waals surface area contributed by atoms with Gasteiger partial charge in [0, 0.05) is 15.9 Å². The maximum absolute atomic E-state index is 12.3. The van der Waals surface area contributed by atoms with Gasteiger partial charge in [0.2, 0.25) is 5.91 Å². The van der Waals surface area contributed by atoms with Gasteiger partial charge in [-0.1, -0.05) is 15.9 Å². The van der Waals surface area contributed by atoms with Gasteiger partial charge >= 0.3 is 5.97 Å². The lowest BCUT2D eigenvalue weighted by molar-refractivity contribution is -0.115. The van der Waals surface area contributed by atoms with Gasteiger partial charge < -0.3 is 10.4 Å². The van der Waals surface area contributed by atoms with Crippen molar-refractivity contribution in [3.05, 3.63) is 58.1 Å². The van der Waals surface area contributed by atoms with Crippen LogP contribution < -0.4 is 5.32 Å². The number of carboxylic acids is 1. The molecule has 2 aromatic carbocycles. The summed E-state index contributed by atoms with van der Waals surface area (Å²) in [6.07, 6.45) is 0. The smallest absolute Gasteiger partial charge is 0.335 e. The number of anilines is 1. The number of carbonyl (C=O) groups is 2. The highest BCUT2D eigenvalue weighted by Crippen LogP contribution is 2.35. The van der Waals surface area contributed by atoms with Crippen LogP contribution in [-0.4, -0.2) is 22.7 Å². The lowest BCUT2D eigenvalue weighted by Crippen LogP contribution is -2.18. The molecule has 0 bridgehead atoms. The van der Waals surface area contributed by atoms with Gasteiger partial charge in [-0.2, -0.15) is 0 Å². The van der Waals surface area contributed by atoms with E-state index in [-0.39, 0.29) is 11.5 Å². The summed E-state index contributed by atoms with van der Waals surface area (Å²) in [5.41, 5.74) is 2.79. The predicted molar refractivity (Wildman–Crippen MR) is 91.7 cm³/mol. The maximum Gasteiger partial charge on any atom is 0.335 e. The SMILES string of the molecule is CC(=Nc1ccc(Br)cc1)C1C(=O)Nc2ccc(C(=O)O)cc21. The van der Waals surface area contributed by atoms with Crippen LogP contribution in [0.4, 0.5) is 11.4 Å². The molecule has 0 saturated carbocycles. The first kappa shape index (κ1) is 15.4. The number of carbonyl (C=O) groups excluding carboxylic acids is 1. The van der Waals surface area contributed by atoms with E-state index >= 15 is 0 Å². The lowest BCUT2D eigenvalue weighted by atomic mass is 9.94. The topological polar surface area (TPSA) is 78.8 Å². The van der Waals surface area contributed by atoms with Crippen LogP contribution in [0, 0.1) is 0 Å². The number of aliphatic imine (C=N–C) groups is 1. The monoisotopic (exact) mass is 372 g/mol. The molecule has 2 aromatic rings. The van der Waals surface area contributed by atoms with Gasteiger partial charge in [-0.05, 0) is 55.0 Å². The van der Waals surface area contributed by atoms with Crippen LogP contribution in [0.5, 0.6) is 0 Å². The third-order valence-electron chi connectivity index (χ3n) is 3.68. The Bertz CT molecular complexity index is 828. The van der Waals surface area contributed by atoms with Crippen molar-refractivity contribution in [2.75, 3.05) is 5.32 Å². The first-order valence-corrected chi connectivity index (χ1v) is 7.74. The summed E-state index contributed by atoms with van der Waals surface area (Å²) in [5, 5.41) is 11.9. The van der Waals surface area contributed by atoms with Gasteiger partial charge in [-0.15, -0.1) is 0 Å². The molecule has 1 unspecified atom stereocenters. The molecule has 0 aromatic heterocycles. The molecule has 1 aliphatic rings. The molecule has 0 saturated heterocycles. The van der Waals surface area contributed by atoms with Gasteiger partial charge in [0.05, 0.1) is 11.3 Å². The second kappa shape index (κ2) is 5.96. The van der Waals surface area contributed by atoms with Crippen LogP contribution in [0.2, 0.25) is 0 Å². The van der Waals surface area contributed by atoms with E-state index in [2.05, 4.69) is 26.2 Å². The summed E-state index contributed by atoms with van der Waals surface area (Å²) in [6, 6.07) is 12.0. The van der Waals surface area contributed by atoms with Crippen LogP contribution in [-0.2, 0) is 4.79 Å². The Morgan fingerprint density at radius 1 is 1.22 bits per heavy atom. The van der Waals surface area contributed by atoms with Crippen molar-refractivity contribution < 1.29 is 14.7 Å². The van der Waals surface area contributed by atoms with Gasteiger partial charge in [0.15, 0.2) is 0 Å². The number of amides is 1. The fourth-order valence-corrected chi connectivity index (χ4v) is 2.86. The van der Waals surface area contributed by atoms with Crippen molar-refractivity contribution in [3.8, 4) is 0 Å². The molecule has 0 fully saturated rings. The highest BCUT2D eigenvalue weighted by Gasteiger charge is 2.33. The number of hydrogen-bond acceptors (Lipinski definition) is 3. The quantitative estimate of drug-likeness (QED) is 0.799. The van der Waals surface area contributed by atoms with Gasteiger partial charge in [-0.3, -0.25) is 9.79 Å². The van der Waals surface area contributed by atoms with Crippen LogP contribution in [0.1, 0.15) is 28.8 Å². The molecule has 6 heteroatoms. The van der Waals surface area contributed by atoms with E-state index in [1.54, 1.807) is 13.0 Å². The van der Waals surface area contributed by atoms with Crippen molar-refractivity contribution >= 4 is 44.9 Å². The van der Waals surface area contributed by atoms with Gasteiger partial charge in [-0.25, -0.2) is 4.79 Å². The molecular weight excluding hydrogens is 360 g/mol. The first-order chi connectivity index (χ1) is 11.0. The van der Waals surface area contributed by atoms with E-state index in [0.717, 1.165) is 10.2 Å². The number of hydrogen-bond donors (Lipinski definition) is 2. The molecule has 0 aliphatic carbocycles. The first-order valence-electron chi connectivity index (χ1n) is 6.94. The second-order valence-corrected chi connectivity index (χ2v) is 6.17. The molecule has 0 spiro atoms. The second-order valence-electron chi connectivity index (χ2n) is 5.26. The number of rotatable bonds is 3. The predicted octanol–water partition coefficient (Wildman–Crippen LogP) is 3.98. The molecule has 0 radical (unpaired) electrons. The zero-order chi connectivity index (χ0) is 16.6. The van der Waals surface area contributed by atoms with E-state index in [1.165, 1.54) is 12.1 Å². The Morgan fingerprint density at radius 2 is 1.91 bits per heavy atom. The summed E-state index contributed by atoms with van der Waals surface area (Å²) in [6.45, 7) is 1.77. The molecule has 1 heterocycles. The van der Waals surface area contributed by atoms with Crippen molar-refractivity contribution in [2.24, 2.45) is 4.99 Å². The van der Waals surface area contributed by atoms with E-state index in [9.17, 15) is 9.59 Å². The van der Waals surface area contributed by atoms with Crippen LogP contribution in [0.3, 0.4) is 0 Å². The summed E-state index contributed by atoms with van der Waals surface area (Å²) in [5.74, 6) is -1.79.